The number of thioether (sulfide) groups is 1. The number of alkyl halides is 2. The van der Waals surface area contributed by atoms with Crippen molar-refractivity contribution < 1.29 is 23.0 Å². The lowest BCUT2D eigenvalue weighted by atomic mass is 10.1. The highest BCUT2D eigenvalue weighted by atomic mass is 32.2. The molecule has 1 aliphatic heterocycles. The number of aromatic nitrogens is 2. The zero-order valence-corrected chi connectivity index (χ0v) is 20.9. The van der Waals surface area contributed by atoms with Crippen LogP contribution in [0.25, 0.3) is 6.08 Å². The molecule has 1 saturated heterocycles. The van der Waals surface area contributed by atoms with E-state index in [2.05, 4.69) is 14.9 Å². The van der Waals surface area contributed by atoms with Crippen LogP contribution in [0.5, 0.6) is 5.75 Å². The number of carbonyl (C=O) groups excluding carboxylic acids is 1. The van der Waals surface area contributed by atoms with Gasteiger partial charge >= 0.3 is 0 Å². The summed E-state index contributed by atoms with van der Waals surface area (Å²) in [6.07, 6.45) is 0.646. The zero-order chi connectivity index (χ0) is 25.5. The fourth-order valence-corrected chi connectivity index (χ4v) is 4.71. The number of rotatable bonds is 9. The van der Waals surface area contributed by atoms with Crippen LogP contribution in [-0.4, -0.2) is 49.2 Å². The standard InChI is InChI=1S/C27H27F2N3O3S/c1-18-15-23(26(28)29)31-27(30-18)36-17-21-16-19(4-10-25(21)34-2)3-9-24(33)20-5-7-22(8-6-20)32-11-13-35-14-12-32/h3-10,15-16,26H,11-14,17H2,1-2H3/b9-3+. The van der Waals surface area contributed by atoms with Gasteiger partial charge in [0.2, 0.25) is 0 Å². The summed E-state index contributed by atoms with van der Waals surface area (Å²) in [4.78, 5) is 23.1. The molecular weight excluding hydrogens is 484 g/mol. The van der Waals surface area contributed by atoms with Crippen molar-refractivity contribution in [2.45, 2.75) is 24.3 Å². The lowest BCUT2D eigenvalue weighted by molar-refractivity contribution is 0.104. The Morgan fingerprint density at radius 1 is 1.14 bits per heavy atom. The second-order valence-corrected chi connectivity index (χ2v) is 9.16. The van der Waals surface area contributed by atoms with E-state index in [1.165, 1.54) is 17.8 Å². The molecule has 9 heteroatoms. The molecule has 2 aromatic carbocycles. The van der Waals surface area contributed by atoms with Gasteiger partial charge in [0.25, 0.3) is 6.43 Å². The Morgan fingerprint density at radius 3 is 2.58 bits per heavy atom. The summed E-state index contributed by atoms with van der Waals surface area (Å²) >= 11 is 1.25. The number of hydrogen-bond acceptors (Lipinski definition) is 7. The van der Waals surface area contributed by atoms with Gasteiger partial charge in [-0.25, -0.2) is 18.7 Å². The number of halogens is 2. The largest absolute Gasteiger partial charge is 0.496 e. The molecule has 0 bridgehead atoms. The summed E-state index contributed by atoms with van der Waals surface area (Å²) < 4.78 is 37.0. The van der Waals surface area contributed by atoms with Crippen LogP contribution in [0, 0.1) is 6.92 Å². The third-order valence-corrected chi connectivity index (χ3v) is 6.59. The Hall–Kier alpha value is -3.30. The lowest BCUT2D eigenvalue weighted by Gasteiger charge is -2.28. The molecule has 0 aliphatic carbocycles. The van der Waals surface area contributed by atoms with Gasteiger partial charge in [-0.15, -0.1) is 0 Å². The van der Waals surface area contributed by atoms with E-state index >= 15 is 0 Å². The molecule has 2 heterocycles. The number of morpholine rings is 1. The smallest absolute Gasteiger partial charge is 0.280 e. The quantitative estimate of drug-likeness (QED) is 0.157. The maximum absolute atomic E-state index is 13.1. The number of benzene rings is 2. The Kier molecular flexibility index (Phi) is 8.66. The van der Waals surface area contributed by atoms with E-state index in [9.17, 15) is 13.6 Å². The van der Waals surface area contributed by atoms with E-state index in [1.54, 1.807) is 26.2 Å². The second kappa shape index (κ2) is 12.1. The van der Waals surface area contributed by atoms with E-state index in [1.807, 2.05) is 42.5 Å². The molecule has 1 aliphatic rings. The van der Waals surface area contributed by atoms with Gasteiger partial charge in [-0.2, -0.15) is 0 Å². The van der Waals surface area contributed by atoms with Crippen LogP contribution >= 0.6 is 11.8 Å². The Bertz CT molecular complexity index is 1230. The van der Waals surface area contributed by atoms with Crippen LogP contribution in [0.3, 0.4) is 0 Å². The molecule has 0 amide bonds. The summed E-state index contributed by atoms with van der Waals surface area (Å²) in [5.41, 5.74) is 3.56. The summed E-state index contributed by atoms with van der Waals surface area (Å²) in [7, 11) is 1.57. The van der Waals surface area contributed by atoms with E-state index < -0.39 is 6.43 Å². The molecule has 6 nitrogen and oxygen atoms in total. The van der Waals surface area contributed by atoms with Crippen LogP contribution in [0.4, 0.5) is 14.5 Å². The predicted molar refractivity (Wildman–Crippen MR) is 137 cm³/mol. The van der Waals surface area contributed by atoms with Crippen LogP contribution in [0.2, 0.25) is 0 Å². The second-order valence-electron chi connectivity index (χ2n) is 8.22. The zero-order valence-electron chi connectivity index (χ0n) is 20.1. The van der Waals surface area contributed by atoms with Gasteiger partial charge in [0.15, 0.2) is 10.9 Å². The molecule has 0 spiro atoms. The highest BCUT2D eigenvalue weighted by Crippen LogP contribution is 2.29. The van der Waals surface area contributed by atoms with Gasteiger partial charge in [0.05, 0.1) is 20.3 Å². The topological polar surface area (TPSA) is 64.5 Å². The normalized spacial score (nSPS) is 14.0. The van der Waals surface area contributed by atoms with Gasteiger partial charge in [-0.05, 0) is 61.0 Å². The lowest BCUT2D eigenvalue weighted by Crippen LogP contribution is -2.36. The number of allylic oxidation sites excluding steroid dienone is 1. The number of ketones is 1. The number of methoxy groups -OCH3 is 1. The van der Waals surface area contributed by atoms with Crippen molar-refractivity contribution >= 4 is 29.3 Å². The Morgan fingerprint density at radius 2 is 1.89 bits per heavy atom. The van der Waals surface area contributed by atoms with E-state index in [-0.39, 0.29) is 16.6 Å². The van der Waals surface area contributed by atoms with Crippen molar-refractivity contribution in [3.8, 4) is 5.75 Å². The fraction of sp³-hybridized carbons (Fsp3) is 0.296. The number of hydrogen-bond donors (Lipinski definition) is 0. The predicted octanol–water partition coefficient (Wildman–Crippen LogP) is 5.76. The third kappa shape index (κ3) is 6.67. The maximum atomic E-state index is 13.1. The summed E-state index contributed by atoms with van der Waals surface area (Å²) in [6.45, 7) is 4.77. The average molecular weight is 512 g/mol. The minimum Gasteiger partial charge on any atom is -0.496 e. The first kappa shape index (κ1) is 25.8. The van der Waals surface area contributed by atoms with Crippen molar-refractivity contribution in [2.24, 2.45) is 0 Å². The first-order valence-corrected chi connectivity index (χ1v) is 12.5. The van der Waals surface area contributed by atoms with E-state index in [0.29, 0.717) is 36.0 Å². The van der Waals surface area contributed by atoms with Crippen molar-refractivity contribution in [3.63, 3.8) is 0 Å². The molecule has 36 heavy (non-hydrogen) atoms. The van der Waals surface area contributed by atoms with Crippen LogP contribution in [0.1, 0.15) is 39.3 Å². The first-order chi connectivity index (χ1) is 17.4. The number of ether oxygens (including phenoxy) is 2. The minimum atomic E-state index is -2.65. The molecule has 3 aromatic rings. The van der Waals surface area contributed by atoms with Gasteiger partial charge in [0, 0.05) is 41.4 Å². The van der Waals surface area contributed by atoms with Crippen LogP contribution < -0.4 is 9.64 Å². The monoisotopic (exact) mass is 511 g/mol. The SMILES string of the molecule is COc1ccc(/C=C/C(=O)c2ccc(N3CCOCC3)cc2)cc1CSc1nc(C)cc(C(F)F)n1. The van der Waals surface area contributed by atoms with Gasteiger partial charge < -0.3 is 14.4 Å². The Balaban J connectivity index is 1.43. The molecular formula is C27H27F2N3O3S. The average Bonchev–Trinajstić information content (AvgIpc) is 2.91. The van der Waals surface area contributed by atoms with Crippen LogP contribution in [-0.2, 0) is 10.5 Å². The molecule has 4 rings (SSSR count). The number of carbonyl (C=O) groups is 1. The van der Waals surface area contributed by atoms with Crippen molar-refractivity contribution in [2.75, 3.05) is 38.3 Å². The molecule has 0 saturated carbocycles. The van der Waals surface area contributed by atoms with Crippen molar-refractivity contribution in [1.82, 2.24) is 9.97 Å². The number of aryl methyl sites for hydroxylation is 1. The molecule has 0 atom stereocenters. The summed E-state index contributed by atoms with van der Waals surface area (Å²) in [5, 5.41) is 0.281. The minimum absolute atomic E-state index is 0.0945. The molecule has 1 fully saturated rings. The third-order valence-electron chi connectivity index (χ3n) is 5.69. The highest BCUT2D eigenvalue weighted by molar-refractivity contribution is 7.98. The van der Waals surface area contributed by atoms with E-state index in [4.69, 9.17) is 9.47 Å². The van der Waals surface area contributed by atoms with E-state index in [0.717, 1.165) is 29.9 Å². The summed E-state index contributed by atoms with van der Waals surface area (Å²) in [6, 6.07) is 14.5. The maximum Gasteiger partial charge on any atom is 0.280 e. The van der Waals surface area contributed by atoms with Gasteiger partial charge in [0.1, 0.15) is 11.4 Å². The van der Waals surface area contributed by atoms with Gasteiger partial charge in [-0.1, -0.05) is 23.9 Å². The van der Waals surface area contributed by atoms with Crippen molar-refractivity contribution in [3.05, 3.63) is 82.7 Å². The fourth-order valence-electron chi connectivity index (χ4n) is 3.82. The molecule has 1 aromatic heterocycles. The number of anilines is 1. The van der Waals surface area contributed by atoms with Crippen LogP contribution in [0.15, 0.2) is 59.8 Å². The Labute approximate surface area is 213 Å². The molecule has 0 unspecified atom stereocenters. The first-order valence-electron chi connectivity index (χ1n) is 11.5. The summed E-state index contributed by atoms with van der Waals surface area (Å²) in [5.74, 6) is 0.989. The highest BCUT2D eigenvalue weighted by Gasteiger charge is 2.14. The molecule has 0 radical (unpaired) electrons. The van der Waals surface area contributed by atoms with Gasteiger partial charge in [-0.3, -0.25) is 4.79 Å². The molecule has 188 valence electrons. The van der Waals surface area contributed by atoms with Crippen molar-refractivity contribution in [1.29, 1.82) is 0 Å². The molecule has 0 N–H and O–H groups in total. The number of nitrogens with zero attached hydrogens (tertiary/aromatic N) is 3.